The van der Waals surface area contributed by atoms with E-state index in [2.05, 4.69) is 0 Å². The van der Waals surface area contributed by atoms with E-state index in [1.54, 1.807) is 0 Å². The van der Waals surface area contributed by atoms with Gasteiger partial charge >= 0.3 is 0 Å². The molecule has 1 rings (SSSR count). The van der Waals surface area contributed by atoms with Gasteiger partial charge in [0.05, 0.1) is 5.54 Å². The SMILES string of the molecule is CC1CC(N)(C(F)F)C1.Cl. The van der Waals surface area contributed by atoms with Gasteiger partial charge in [0.2, 0.25) is 0 Å². The largest absolute Gasteiger partial charge is 0.320 e. The Kier molecular flexibility index (Phi) is 3.04. The summed E-state index contributed by atoms with van der Waals surface area (Å²) >= 11 is 0. The van der Waals surface area contributed by atoms with Crippen LogP contribution in [0.5, 0.6) is 0 Å². The molecule has 0 aliphatic heterocycles. The normalized spacial score (nSPS) is 38.7. The molecule has 1 aliphatic carbocycles. The maximum absolute atomic E-state index is 11.9. The van der Waals surface area contributed by atoms with Gasteiger partial charge in [0, 0.05) is 0 Å². The summed E-state index contributed by atoms with van der Waals surface area (Å²) in [5, 5.41) is 0. The van der Waals surface area contributed by atoms with Gasteiger partial charge < -0.3 is 5.73 Å². The molecule has 2 N–H and O–H groups in total. The monoisotopic (exact) mass is 171 g/mol. The first-order valence-electron chi connectivity index (χ1n) is 3.11. The van der Waals surface area contributed by atoms with Crippen LogP contribution < -0.4 is 5.73 Å². The van der Waals surface area contributed by atoms with Gasteiger partial charge in [-0.2, -0.15) is 0 Å². The second-order valence-corrected chi connectivity index (χ2v) is 3.05. The molecule has 10 heavy (non-hydrogen) atoms. The Balaban J connectivity index is 0.000000810. The van der Waals surface area contributed by atoms with Crippen molar-refractivity contribution in [3.63, 3.8) is 0 Å². The van der Waals surface area contributed by atoms with Crippen molar-refractivity contribution in [1.82, 2.24) is 0 Å². The first-order valence-corrected chi connectivity index (χ1v) is 3.11. The summed E-state index contributed by atoms with van der Waals surface area (Å²) in [7, 11) is 0. The molecule has 1 aliphatic rings. The molecule has 0 radical (unpaired) electrons. The average molecular weight is 172 g/mol. The third-order valence-electron chi connectivity index (χ3n) is 1.89. The zero-order valence-electron chi connectivity index (χ0n) is 5.81. The number of halogens is 3. The van der Waals surface area contributed by atoms with Gasteiger partial charge in [-0.1, -0.05) is 6.92 Å². The smallest absolute Gasteiger partial charge is 0.256 e. The van der Waals surface area contributed by atoms with Crippen LogP contribution in [0.4, 0.5) is 8.78 Å². The van der Waals surface area contributed by atoms with Crippen LogP contribution in [0.2, 0.25) is 0 Å². The van der Waals surface area contributed by atoms with Crippen molar-refractivity contribution in [1.29, 1.82) is 0 Å². The summed E-state index contributed by atoms with van der Waals surface area (Å²) in [4.78, 5) is 0. The fourth-order valence-corrected chi connectivity index (χ4v) is 1.42. The van der Waals surface area contributed by atoms with E-state index in [0.29, 0.717) is 18.8 Å². The summed E-state index contributed by atoms with van der Waals surface area (Å²) in [6.07, 6.45) is -1.39. The minimum atomic E-state index is -2.34. The molecule has 1 nitrogen and oxygen atoms in total. The van der Waals surface area contributed by atoms with E-state index < -0.39 is 12.0 Å². The van der Waals surface area contributed by atoms with E-state index in [0.717, 1.165) is 0 Å². The number of hydrogen-bond acceptors (Lipinski definition) is 1. The van der Waals surface area contributed by atoms with Crippen molar-refractivity contribution < 1.29 is 8.78 Å². The topological polar surface area (TPSA) is 26.0 Å². The molecule has 0 aromatic rings. The van der Waals surface area contributed by atoms with Gasteiger partial charge in [0.1, 0.15) is 0 Å². The van der Waals surface area contributed by atoms with Gasteiger partial charge in [-0.15, -0.1) is 12.4 Å². The Hall–Kier alpha value is 0.110. The Bertz CT molecular complexity index is 112. The molecule has 0 bridgehead atoms. The number of alkyl halides is 2. The van der Waals surface area contributed by atoms with Gasteiger partial charge in [0.15, 0.2) is 0 Å². The second kappa shape index (κ2) is 3.01. The Labute approximate surface area is 65.4 Å². The predicted octanol–water partition coefficient (Wildman–Crippen LogP) is 1.80. The summed E-state index contributed by atoms with van der Waals surface area (Å²) in [6.45, 7) is 1.94. The Morgan fingerprint density at radius 2 is 1.90 bits per heavy atom. The molecule has 4 heteroatoms. The van der Waals surface area contributed by atoms with Crippen LogP contribution in [-0.2, 0) is 0 Å². The van der Waals surface area contributed by atoms with Crippen molar-refractivity contribution in [3.8, 4) is 0 Å². The van der Waals surface area contributed by atoms with Crippen molar-refractivity contribution in [2.24, 2.45) is 11.7 Å². The summed E-state index contributed by atoms with van der Waals surface area (Å²) in [6, 6.07) is 0. The van der Waals surface area contributed by atoms with Crippen LogP contribution in [0.15, 0.2) is 0 Å². The molecule has 62 valence electrons. The van der Waals surface area contributed by atoms with Gasteiger partial charge in [-0.3, -0.25) is 0 Å². The molecule has 1 saturated carbocycles. The lowest BCUT2D eigenvalue weighted by Gasteiger charge is -2.42. The molecule has 0 spiro atoms. The quantitative estimate of drug-likeness (QED) is 0.640. The van der Waals surface area contributed by atoms with Gasteiger partial charge in [-0.05, 0) is 18.8 Å². The number of hydrogen-bond donors (Lipinski definition) is 1. The van der Waals surface area contributed by atoms with Crippen molar-refractivity contribution in [3.05, 3.63) is 0 Å². The molecular weight excluding hydrogens is 160 g/mol. The number of rotatable bonds is 1. The van der Waals surface area contributed by atoms with Gasteiger partial charge in [0.25, 0.3) is 6.43 Å². The Morgan fingerprint density at radius 3 is 2.00 bits per heavy atom. The fourth-order valence-electron chi connectivity index (χ4n) is 1.42. The molecule has 0 saturated heterocycles. The molecule has 0 unspecified atom stereocenters. The fraction of sp³-hybridized carbons (Fsp3) is 1.00. The highest BCUT2D eigenvalue weighted by molar-refractivity contribution is 5.85. The van der Waals surface area contributed by atoms with E-state index in [9.17, 15) is 8.78 Å². The van der Waals surface area contributed by atoms with Crippen LogP contribution in [0.1, 0.15) is 19.8 Å². The third kappa shape index (κ3) is 1.58. The minimum Gasteiger partial charge on any atom is -0.320 e. The van der Waals surface area contributed by atoms with E-state index >= 15 is 0 Å². The van der Waals surface area contributed by atoms with Crippen LogP contribution in [0, 0.1) is 5.92 Å². The van der Waals surface area contributed by atoms with Crippen LogP contribution in [0.3, 0.4) is 0 Å². The molecular formula is C6H12ClF2N. The maximum Gasteiger partial charge on any atom is 0.256 e. The lowest BCUT2D eigenvalue weighted by Crippen LogP contribution is -2.56. The first-order chi connectivity index (χ1) is 4.04. The minimum absolute atomic E-state index is 0. The highest BCUT2D eigenvalue weighted by Gasteiger charge is 2.45. The lowest BCUT2D eigenvalue weighted by molar-refractivity contribution is -0.0187. The zero-order chi connectivity index (χ0) is 7.07. The summed E-state index contributed by atoms with van der Waals surface area (Å²) < 4.78 is 23.8. The van der Waals surface area contributed by atoms with Crippen molar-refractivity contribution >= 4 is 12.4 Å². The highest BCUT2D eigenvalue weighted by atomic mass is 35.5. The van der Waals surface area contributed by atoms with E-state index in [4.69, 9.17) is 5.73 Å². The molecule has 0 amide bonds. The van der Waals surface area contributed by atoms with E-state index in [1.165, 1.54) is 0 Å². The van der Waals surface area contributed by atoms with Crippen LogP contribution >= 0.6 is 12.4 Å². The molecule has 0 atom stereocenters. The molecule has 0 aromatic carbocycles. The second-order valence-electron chi connectivity index (χ2n) is 3.05. The zero-order valence-corrected chi connectivity index (χ0v) is 6.63. The van der Waals surface area contributed by atoms with Crippen LogP contribution in [0.25, 0.3) is 0 Å². The maximum atomic E-state index is 11.9. The first kappa shape index (κ1) is 10.1. The number of nitrogens with two attached hydrogens (primary N) is 1. The van der Waals surface area contributed by atoms with Crippen LogP contribution in [-0.4, -0.2) is 12.0 Å². The molecule has 0 aromatic heterocycles. The predicted molar refractivity (Wildman–Crippen MR) is 38.6 cm³/mol. The van der Waals surface area contributed by atoms with E-state index in [1.807, 2.05) is 6.92 Å². The van der Waals surface area contributed by atoms with Gasteiger partial charge in [-0.25, -0.2) is 8.78 Å². The summed E-state index contributed by atoms with van der Waals surface area (Å²) in [5.74, 6) is 0.393. The highest BCUT2D eigenvalue weighted by Crippen LogP contribution is 2.39. The molecule has 0 heterocycles. The lowest BCUT2D eigenvalue weighted by atomic mass is 9.70. The molecule has 1 fully saturated rings. The van der Waals surface area contributed by atoms with Crippen molar-refractivity contribution in [2.75, 3.05) is 0 Å². The van der Waals surface area contributed by atoms with E-state index in [-0.39, 0.29) is 12.4 Å². The average Bonchev–Trinajstić information content (AvgIpc) is 1.62. The standard InChI is InChI=1S/C6H11F2N.ClH/c1-4-2-6(9,3-4)5(7)8;/h4-5H,2-3,9H2,1H3;1H. The third-order valence-corrected chi connectivity index (χ3v) is 1.89. The summed E-state index contributed by atoms with van der Waals surface area (Å²) in [5.41, 5.74) is 4.15. The van der Waals surface area contributed by atoms with Crippen molar-refractivity contribution in [2.45, 2.75) is 31.7 Å². The Morgan fingerprint density at radius 1 is 1.50 bits per heavy atom.